The van der Waals surface area contributed by atoms with Gasteiger partial charge in [0.05, 0.1) is 0 Å². The number of aliphatic imine (C=N–C) groups is 1. The van der Waals surface area contributed by atoms with Crippen LogP contribution in [0.15, 0.2) is 17.1 Å². The Hall–Kier alpha value is -0.736. The molecule has 0 bridgehead atoms. The molecule has 0 fully saturated rings. The minimum absolute atomic E-state index is 0. The zero-order chi connectivity index (χ0) is 14.0. The summed E-state index contributed by atoms with van der Waals surface area (Å²) in [5.74, 6) is -0.524. The van der Waals surface area contributed by atoms with Crippen LogP contribution in [-0.4, -0.2) is 31.0 Å². The summed E-state index contributed by atoms with van der Waals surface area (Å²) in [7, 11) is 1.54. The van der Waals surface area contributed by atoms with Crippen molar-refractivity contribution in [3.63, 3.8) is 0 Å². The third kappa shape index (κ3) is 4.89. The molecule has 2 rings (SSSR count). The number of nitro benzene ring substituents is 1. The Bertz CT molecular complexity index is 675. The van der Waals surface area contributed by atoms with E-state index in [9.17, 15) is 15.2 Å². The third-order valence-corrected chi connectivity index (χ3v) is 2.35. The fraction of sp³-hybridized carbons (Fsp3) is 0.200. The van der Waals surface area contributed by atoms with Crippen molar-refractivity contribution in [2.24, 2.45) is 12.0 Å². The van der Waals surface area contributed by atoms with Gasteiger partial charge >= 0.3 is 29.6 Å². The molecular formula is C10H8N6NaO3Y-. The molecule has 0 aliphatic heterocycles. The quantitative estimate of drug-likeness (QED) is 0.139. The van der Waals surface area contributed by atoms with Crippen LogP contribution in [0.25, 0.3) is 0 Å². The van der Waals surface area contributed by atoms with Gasteiger partial charge in [0.15, 0.2) is 5.69 Å². The molecule has 0 unspecified atom stereocenters. The second-order valence-corrected chi connectivity index (χ2v) is 3.66. The van der Waals surface area contributed by atoms with Gasteiger partial charge < -0.3 is 5.11 Å². The van der Waals surface area contributed by atoms with Gasteiger partial charge in [-0.3, -0.25) is 10.1 Å². The summed E-state index contributed by atoms with van der Waals surface area (Å²) >= 11 is 0. The van der Waals surface area contributed by atoms with Gasteiger partial charge in [0.2, 0.25) is 0 Å². The zero-order valence-electron chi connectivity index (χ0n) is 11.6. The molecule has 0 aliphatic carbocycles. The summed E-state index contributed by atoms with van der Waals surface area (Å²) in [6.07, 6.45) is 0. The molecule has 1 aromatic carbocycles. The van der Waals surface area contributed by atoms with Gasteiger partial charge in [-0.05, 0) is 10.4 Å². The number of tetrazole rings is 1. The molecule has 0 amide bonds. The fourth-order valence-electron chi connectivity index (χ4n) is 1.40. The van der Waals surface area contributed by atoms with Gasteiger partial charge in [0.1, 0.15) is 0 Å². The van der Waals surface area contributed by atoms with E-state index >= 15 is 0 Å². The molecule has 0 atom stereocenters. The van der Waals surface area contributed by atoms with E-state index in [1.165, 1.54) is 16.8 Å². The van der Waals surface area contributed by atoms with E-state index in [2.05, 4.69) is 26.6 Å². The number of aromatic nitrogens is 4. The average Bonchev–Trinajstić information content (AvgIpc) is 2.74. The van der Waals surface area contributed by atoms with Crippen molar-refractivity contribution in [2.45, 2.75) is 6.92 Å². The van der Waals surface area contributed by atoms with Gasteiger partial charge in [-0.15, -0.1) is 5.56 Å². The molecular weight excluding hydrogens is 364 g/mol. The van der Waals surface area contributed by atoms with Crippen molar-refractivity contribution in [3.05, 3.63) is 39.4 Å². The van der Waals surface area contributed by atoms with Crippen LogP contribution in [0, 0.1) is 23.1 Å². The molecule has 0 saturated heterocycles. The average molecular weight is 372 g/mol. The molecule has 11 heteroatoms. The maximum atomic E-state index is 11.9. The molecule has 1 aromatic heterocycles. The number of hydrogen-bond acceptors (Lipinski definition) is 7. The molecule has 1 radical (unpaired) electrons. The van der Waals surface area contributed by atoms with Crippen LogP contribution in [0.1, 0.15) is 11.1 Å². The minimum atomic E-state index is -0.582. The van der Waals surface area contributed by atoms with Gasteiger partial charge in [-0.2, -0.15) is 11.6 Å². The second-order valence-electron chi connectivity index (χ2n) is 3.66. The largest absolute Gasteiger partial charge is 1.00 e. The summed E-state index contributed by atoms with van der Waals surface area (Å²) in [5.41, 5.74) is 0.362. The van der Waals surface area contributed by atoms with Gasteiger partial charge in [-0.25, -0.2) is 9.67 Å². The topological polar surface area (TPSA) is 122 Å². The van der Waals surface area contributed by atoms with Crippen LogP contribution in [0.2, 0.25) is 0 Å². The van der Waals surface area contributed by atoms with Gasteiger partial charge in [0, 0.05) is 44.7 Å². The zero-order valence-corrected chi connectivity index (χ0v) is 16.5. The van der Waals surface area contributed by atoms with E-state index in [4.69, 9.17) is 0 Å². The molecule has 1 heterocycles. The molecule has 0 N–H and O–H groups in total. The fourth-order valence-corrected chi connectivity index (χ4v) is 1.40. The summed E-state index contributed by atoms with van der Waals surface area (Å²) in [4.78, 5) is 13.7. The number of nitrogens with zero attached hydrogens (tertiary/aromatic N) is 6. The van der Waals surface area contributed by atoms with Crippen molar-refractivity contribution >= 4 is 17.5 Å². The van der Waals surface area contributed by atoms with Crippen molar-refractivity contribution < 1.29 is 72.3 Å². The van der Waals surface area contributed by atoms with Crippen LogP contribution in [0.5, 0.6) is 0 Å². The van der Waals surface area contributed by atoms with E-state index in [1.807, 2.05) is 0 Å². The molecule has 9 nitrogen and oxygen atoms in total. The Morgan fingerprint density at radius 3 is 2.62 bits per heavy atom. The molecule has 0 spiro atoms. The predicted octanol–water partition coefficient (Wildman–Crippen LogP) is -3.33. The Kier molecular flexibility index (Phi) is 8.34. The van der Waals surface area contributed by atoms with E-state index in [0.717, 1.165) is 0 Å². The van der Waals surface area contributed by atoms with E-state index in [-0.39, 0.29) is 79.5 Å². The maximum Gasteiger partial charge on any atom is 1.00 e. The van der Waals surface area contributed by atoms with Crippen molar-refractivity contribution in [1.82, 2.24) is 20.2 Å². The molecule has 2 aromatic rings. The van der Waals surface area contributed by atoms with E-state index in [0.29, 0.717) is 5.56 Å². The monoisotopic (exact) mass is 372 g/mol. The van der Waals surface area contributed by atoms with Crippen LogP contribution in [-0.2, 0) is 39.8 Å². The smallest absolute Gasteiger partial charge is 0.868 e. The van der Waals surface area contributed by atoms with Crippen LogP contribution >= 0.6 is 0 Å². The Morgan fingerprint density at radius 1 is 1.48 bits per heavy atom. The minimum Gasteiger partial charge on any atom is -0.868 e. The molecule has 0 aliphatic rings. The maximum absolute atomic E-state index is 11.9. The van der Waals surface area contributed by atoms with Crippen molar-refractivity contribution in [3.8, 4) is 0 Å². The normalized spacial score (nSPS) is 10.5. The van der Waals surface area contributed by atoms with E-state index in [1.54, 1.807) is 14.0 Å². The first kappa shape index (κ1) is 20.3. The summed E-state index contributed by atoms with van der Waals surface area (Å²) in [6.45, 7) is 1.55. The van der Waals surface area contributed by atoms with Crippen LogP contribution in [0.3, 0.4) is 0 Å². The summed E-state index contributed by atoms with van der Waals surface area (Å²) in [6, 6.07) is 5.04. The molecule has 0 saturated carbocycles. The van der Waals surface area contributed by atoms with E-state index < -0.39 is 10.8 Å². The Labute approximate surface area is 167 Å². The number of rotatable bonds is 3. The van der Waals surface area contributed by atoms with Gasteiger partial charge in [-0.1, -0.05) is 30.1 Å². The number of nitro groups is 1. The SMILES string of the molecule is Cc1[c-]c([N+](=O)[O-])ccc1C([O-])=Nc1nnnn1C.[Na+].[Y]. The number of hydrogen-bond donors (Lipinski definition) is 0. The predicted molar refractivity (Wildman–Crippen MR) is 61.7 cm³/mol. The van der Waals surface area contributed by atoms with Crippen molar-refractivity contribution in [2.75, 3.05) is 0 Å². The van der Waals surface area contributed by atoms with Crippen LogP contribution in [0.4, 0.5) is 11.6 Å². The second kappa shape index (κ2) is 8.64. The Balaban J connectivity index is 0.00000200. The molecule has 21 heavy (non-hydrogen) atoms. The van der Waals surface area contributed by atoms with Crippen LogP contribution < -0.4 is 34.7 Å². The summed E-state index contributed by atoms with van der Waals surface area (Å²) < 4.78 is 1.24. The standard InChI is InChI=1S/C10H9N6O3.Na.Y/c1-6-5-7(16(18)19)3-4-8(6)9(17)11-10-12-13-14-15(10)2;;/h3-4H,1-2H3,(H,11,12,14,17);;/q-1;+1;/p-1. The number of benzene rings is 1. The third-order valence-electron chi connectivity index (χ3n) is 2.35. The first-order valence-corrected chi connectivity index (χ1v) is 5.15. The first-order chi connectivity index (χ1) is 8.99. The molecule has 101 valence electrons. The summed E-state index contributed by atoms with van der Waals surface area (Å²) in [5, 5.41) is 32.9. The first-order valence-electron chi connectivity index (χ1n) is 5.15. The number of aryl methyl sites for hydroxylation is 2. The van der Waals surface area contributed by atoms with Gasteiger partial charge in [0.25, 0.3) is 5.95 Å². The van der Waals surface area contributed by atoms with Crippen molar-refractivity contribution in [1.29, 1.82) is 0 Å². The number of non-ortho nitro benzene ring substituents is 1. The Morgan fingerprint density at radius 2 is 2.14 bits per heavy atom.